The first kappa shape index (κ1) is 107. The summed E-state index contributed by atoms with van der Waals surface area (Å²) in [5.74, 6) is -4.90. The standard InChI is InChI=1S/C12H12F3NO2.C11H8F3NO2.C10H6F3NO2.C10H10F3NO.C8H6F3NO2.C7H4F3NO2.C7H6F3NO.C7H4F3NO.2CO2/c1-7(2)11(18-8(3)17)9-5-4-6-10(16-9)12(13,14)15;1-17-10(16)7-5-8-3-2-4-9(11(12,13)14)15(8)6-7;11-10(12,13)8-3-1-2-7-4-6(9(15)16)5-14(7)8;1-6(2)9(15)7-4-3-5-8(14-7)10(11,12)13;1-14-7(13)5-3-2-4-6(12-5)8(9,10)11;8-7(9,10)5-3-1-2-4(11-5)6(12)13;2*8-7(9,10)6-3-1-2-5(4-12)11-6;2*2-1-3/h4-6,11H,1H2,2-3H3;2-6H,1H3;1-5H,(H,15,16);3-5,9,15H,1H2,2H3;2-4H,1H3;1-3H,(H,12,13);1-3,12H,4H2;1-4H;;. The number of aldehydes is 1. The molecule has 10 rings (SSSR count). The predicted molar refractivity (Wildman–Crippen MR) is 367 cm³/mol. The third kappa shape index (κ3) is 36.6. The van der Waals surface area contributed by atoms with Gasteiger partial charge in [-0.3, -0.25) is 9.59 Å². The van der Waals surface area contributed by atoms with E-state index in [1.165, 1.54) is 99.8 Å². The van der Waals surface area contributed by atoms with Gasteiger partial charge >= 0.3 is 91.6 Å². The maximum Gasteiger partial charge on any atom is 0.433 e. The van der Waals surface area contributed by atoms with Crippen LogP contribution in [0.15, 0.2) is 194 Å². The zero-order valence-electron chi connectivity index (χ0n) is 62.3. The van der Waals surface area contributed by atoms with E-state index < -0.39 is 149 Å². The zero-order chi connectivity index (χ0) is 94.7. The maximum absolute atomic E-state index is 12.7. The minimum atomic E-state index is -4.61. The number of hydrogen-bond donors (Lipinski definition) is 4. The van der Waals surface area contributed by atoms with Gasteiger partial charge in [-0.25, -0.2) is 49.1 Å². The largest absolute Gasteiger partial charge is 0.478 e. The fourth-order valence-corrected chi connectivity index (χ4v) is 8.35. The number of carbonyl (C=O) groups is 6. The third-order valence-electron chi connectivity index (χ3n) is 13.5. The minimum Gasteiger partial charge on any atom is -0.478 e. The highest BCUT2D eigenvalue weighted by Crippen LogP contribution is 2.36. The van der Waals surface area contributed by atoms with Crippen LogP contribution in [0, 0.1) is 0 Å². The van der Waals surface area contributed by atoms with Crippen LogP contribution in [-0.2, 0) is 94.2 Å². The van der Waals surface area contributed by atoms with Gasteiger partial charge in [-0.2, -0.15) is 125 Å². The number of carboxylic acids is 2. The molecule has 2 unspecified atom stereocenters. The first-order chi connectivity index (χ1) is 56.6. The average Bonchev–Trinajstić information content (AvgIpc) is 1.66. The van der Waals surface area contributed by atoms with Gasteiger partial charge in [-0.05, 0) is 134 Å². The van der Waals surface area contributed by atoms with Crippen LogP contribution in [0.5, 0.6) is 0 Å². The van der Waals surface area contributed by atoms with Crippen LogP contribution in [0.2, 0.25) is 0 Å². The number of aliphatic hydroxyl groups excluding tert-OH is 2. The molecule has 0 amide bonds. The lowest BCUT2D eigenvalue weighted by Crippen LogP contribution is -2.14. The number of nitrogens with zero attached hydrogens (tertiary/aromatic N) is 8. The van der Waals surface area contributed by atoms with Crippen molar-refractivity contribution >= 4 is 59.5 Å². The Hall–Kier alpha value is -14.1. The lowest BCUT2D eigenvalue weighted by atomic mass is 10.1. The molecule has 25 nitrogen and oxygen atoms in total. The fraction of sp³-hybridized carbons (Fsp3) is 0.216. The first-order valence-electron chi connectivity index (χ1n) is 32.1. The molecule has 0 fully saturated rings. The number of aliphatic hydroxyl groups is 2. The van der Waals surface area contributed by atoms with E-state index in [0.717, 1.165) is 101 Å². The quantitative estimate of drug-likeness (QED) is 0.0307. The van der Waals surface area contributed by atoms with Gasteiger partial charge in [0.15, 0.2) is 12.4 Å². The first-order valence-corrected chi connectivity index (χ1v) is 32.1. The van der Waals surface area contributed by atoms with E-state index in [0.29, 0.717) is 22.7 Å². The van der Waals surface area contributed by atoms with Gasteiger partial charge in [0.25, 0.3) is 0 Å². The van der Waals surface area contributed by atoms with Crippen LogP contribution in [0.25, 0.3) is 11.0 Å². The van der Waals surface area contributed by atoms with Gasteiger partial charge < -0.3 is 43.4 Å². The molecule has 10 aromatic heterocycles. The Morgan fingerprint density at radius 3 is 1.11 bits per heavy atom. The Labute approximate surface area is 672 Å². The summed E-state index contributed by atoms with van der Waals surface area (Å²) in [5.41, 5.74) is -8.15. The normalized spacial score (nSPS) is 11.6. The van der Waals surface area contributed by atoms with Crippen molar-refractivity contribution < 1.29 is 188 Å². The van der Waals surface area contributed by atoms with Crippen molar-refractivity contribution in [3.63, 3.8) is 0 Å². The predicted octanol–water partition coefficient (Wildman–Crippen LogP) is 17.4. The van der Waals surface area contributed by atoms with Gasteiger partial charge in [0, 0.05) is 30.4 Å². The monoisotopic (exact) mass is 1780 g/mol. The zero-order valence-corrected chi connectivity index (χ0v) is 62.3. The molecule has 0 spiro atoms. The molecule has 123 heavy (non-hydrogen) atoms. The van der Waals surface area contributed by atoms with E-state index in [1.807, 2.05) is 0 Å². The number of methoxy groups -OCH3 is 2. The summed E-state index contributed by atoms with van der Waals surface area (Å²) in [4.78, 5) is 115. The summed E-state index contributed by atoms with van der Waals surface area (Å²) in [6, 6.07) is 29.0. The number of alkyl halides is 24. The second kappa shape index (κ2) is 47.1. The van der Waals surface area contributed by atoms with E-state index >= 15 is 0 Å². The molecule has 0 radical (unpaired) electrons. The summed E-state index contributed by atoms with van der Waals surface area (Å²) in [6.07, 6.45) is -35.4. The fourth-order valence-electron chi connectivity index (χ4n) is 8.35. The van der Waals surface area contributed by atoms with E-state index in [1.54, 1.807) is 6.92 Å². The molecule has 0 bridgehead atoms. The number of ether oxygens (including phenoxy) is 3. The van der Waals surface area contributed by atoms with Gasteiger partial charge in [0.1, 0.15) is 68.7 Å². The smallest absolute Gasteiger partial charge is 0.433 e. The van der Waals surface area contributed by atoms with Crippen LogP contribution in [-0.4, -0.2) is 122 Å². The van der Waals surface area contributed by atoms with Crippen LogP contribution < -0.4 is 0 Å². The van der Waals surface area contributed by atoms with Crippen LogP contribution in [0.3, 0.4) is 0 Å². The summed E-state index contributed by atoms with van der Waals surface area (Å²) in [7, 11) is 2.25. The Balaban J connectivity index is 0.000000698. The highest BCUT2D eigenvalue weighted by molar-refractivity contribution is 5.91. The Kier molecular flexibility index (Phi) is 40.9. The molecule has 0 aromatic carbocycles. The highest BCUT2D eigenvalue weighted by Gasteiger charge is 2.39. The molecular weight excluding hydrogens is 1730 g/mol. The summed E-state index contributed by atoms with van der Waals surface area (Å²) < 4.78 is 309. The van der Waals surface area contributed by atoms with Gasteiger partial charge in [0.05, 0.1) is 49.0 Å². The Bertz CT molecular complexity index is 5290. The van der Waals surface area contributed by atoms with E-state index in [9.17, 15) is 139 Å². The van der Waals surface area contributed by atoms with E-state index in [4.69, 9.17) is 39.2 Å². The van der Waals surface area contributed by atoms with Crippen LogP contribution in [0.4, 0.5) is 105 Å². The molecule has 10 heterocycles. The summed E-state index contributed by atoms with van der Waals surface area (Å²) in [5, 5.41) is 35.0. The number of esters is 3. The number of hydrogen-bond acceptors (Lipinski definition) is 21. The molecule has 4 N–H and O–H groups in total. The SMILES string of the molecule is C=C(C)C(O)c1cccc(C(F)(F)F)n1.C=C(C)C(OC(C)=O)c1cccc(C(F)(F)F)n1.COC(=O)c1cc2cccc(C(F)(F)F)n2c1.COC(=O)c1cccc(C(F)(F)F)n1.O=C(O)c1cc2cccc(C(F)(F)F)n2c1.O=C(O)c1cccc(C(F)(F)F)n1.O=C=O.O=C=O.O=Cc1cccc(C(F)(F)F)n1.OCc1cccc(C(F)(F)F)n1. The number of aromatic nitrogens is 8. The second-order valence-corrected chi connectivity index (χ2v) is 22.6. The van der Waals surface area contributed by atoms with Crippen molar-refractivity contribution in [2.45, 2.75) is 89.0 Å². The molecule has 0 aliphatic heterocycles. The molecular formula is C74H56F24N8O17. The molecule has 49 heteroatoms. The Morgan fingerprint density at radius 2 is 0.756 bits per heavy atom. The van der Waals surface area contributed by atoms with E-state index in [2.05, 4.69) is 52.5 Å². The van der Waals surface area contributed by atoms with Crippen molar-refractivity contribution in [2.75, 3.05) is 14.2 Å². The van der Waals surface area contributed by atoms with Crippen molar-refractivity contribution in [1.82, 2.24) is 38.7 Å². The number of halogens is 24. The lowest BCUT2D eigenvalue weighted by Gasteiger charge is -2.17. The van der Waals surface area contributed by atoms with Crippen molar-refractivity contribution in [3.8, 4) is 0 Å². The number of aromatic carboxylic acids is 2. The molecule has 0 aliphatic rings. The number of carbonyl (C=O) groups excluding carboxylic acids is 8. The minimum absolute atomic E-state index is 0.00697. The molecule has 662 valence electrons. The van der Waals surface area contributed by atoms with Crippen molar-refractivity contribution in [2.24, 2.45) is 0 Å². The Morgan fingerprint density at radius 1 is 0.423 bits per heavy atom. The highest BCUT2D eigenvalue weighted by atomic mass is 19.4. The van der Waals surface area contributed by atoms with Crippen LogP contribution in [0.1, 0.15) is 148 Å². The third-order valence-corrected chi connectivity index (χ3v) is 13.5. The lowest BCUT2D eigenvalue weighted by molar-refractivity contribution is -0.193. The number of rotatable bonds is 11. The molecule has 0 aliphatic carbocycles. The maximum atomic E-state index is 12.7. The average molecular weight is 1790 g/mol. The number of fused-ring (bicyclic) bond motifs is 2. The van der Waals surface area contributed by atoms with E-state index in [-0.39, 0.29) is 63.7 Å². The van der Waals surface area contributed by atoms with Crippen LogP contribution >= 0.6 is 0 Å². The second-order valence-electron chi connectivity index (χ2n) is 22.6. The topological polar surface area (TPSA) is 365 Å². The molecule has 0 saturated carbocycles. The number of carboxylic acid groups (broad SMARTS) is 2. The summed E-state index contributed by atoms with van der Waals surface area (Å²) in [6.45, 7) is 10.8. The van der Waals surface area contributed by atoms with Gasteiger partial charge in [-0.1, -0.05) is 61.7 Å². The molecule has 2 atom stereocenters. The molecule has 0 saturated heterocycles. The van der Waals surface area contributed by atoms with Crippen molar-refractivity contribution in [3.05, 3.63) is 285 Å². The van der Waals surface area contributed by atoms with Gasteiger partial charge in [0.2, 0.25) is 0 Å². The molecule has 10 aromatic rings. The number of pyridine rings is 8. The summed E-state index contributed by atoms with van der Waals surface area (Å²) >= 11 is 0. The van der Waals surface area contributed by atoms with Crippen molar-refractivity contribution in [1.29, 1.82) is 0 Å². The van der Waals surface area contributed by atoms with Gasteiger partial charge in [-0.15, -0.1) is 0 Å².